The molecule has 0 spiro atoms. The van der Waals surface area contributed by atoms with Gasteiger partial charge >= 0.3 is 0 Å². The molecule has 0 radical (unpaired) electrons. The predicted octanol–water partition coefficient (Wildman–Crippen LogP) is 3.06. The molecule has 3 amide bonds. The van der Waals surface area contributed by atoms with Crippen molar-refractivity contribution < 1.29 is 19.1 Å². The zero-order valence-corrected chi connectivity index (χ0v) is 21.2. The first-order chi connectivity index (χ1) is 16.6. The van der Waals surface area contributed by atoms with Crippen LogP contribution in [0.3, 0.4) is 0 Å². The lowest BCUT2D eigenvalue weighted by Gasteiger charge is -2.44. The number of carbonyl (C=O) groups is 3. The molecule has 1 atom stereocenters. The molecule has 1 aliphatic heterocycles. The van der Waals surface area contributed by atoms with Crippen molar-refractivity contribution in [2.24, 2.45) is 0 Å². The Morgan fingerprint density at radius 2 is 1.91 bits per heavy atom. The van der Waals surface area contributed by atoms with Gasteiger partial charge in [-0.1, -0.05) is 18.2 Å². The third kappa shape index (κ3) is 4.96. The summed E-state index contributed by atoms with van der Waals surface area (Å²) in [5.74, 6) is -0.967. The SMILES string of the molecule is Cc1cccc(C)c1NC(=O)c1ncn2c1C(=O)N(C1CC1)C(C)(C(=O)NCCCOC(C)C)C2. The molecule has 1 fully saturated rings. The Morgan fingerprint density at radius 3 is 2.54 bits per heavy atom. The summed E-state index contributed by atoms with van der Waals surface area (Å²) in [5.41, 5.74) is 1.83. The molecular weight excluding hydrogens is 446 g/mol. The van der Waals surface area contributed by atoms with Crippen LogP contribution in [0.4, 0.5) is 5.69 Å². The summed E-state index contributed by atoms with van der Waals surface area (Å²) in [6, 6.07) is 5.76. The highest BCUT2D eigenvalue weighted by Crippen LogP contribution is 2.39. The molecule has 2 aliphatic rings. The molecule has 1 aromatic heterocycles. The van der Waals surface area contributed by atoms with E-state index in [0.29, 0.717) is 25.3 Å². The van der Waals surface area contributed by atoms with Crippen molar-refractivity contribution in [2.45, 2.75) is 78.1 Å². The number of aryl methyl sites for hydroxylation is 2. The highest BCUT2D eigenvalue weighted by molar-refractivity contribution is 6.12. The maximum absolute atomic E-state index is 13.7. The van der Waals surface area contributed by atoms with Crippen LogP contribution in [-0.4, -0.2) is 63.0 Å². The monoisotopic (exact) mass is 481 g/mol. The predicted molar refractivity (Wildman–Crippen MR) is 132 cm³/mol. The number of hydrogen-bond acceptors (Lipinski definition) is 5. The van der Waals surface area contributed by atoms with Gasteiger partial charge in [0.15, 0.2) is 5.69 Å². The van der Waals surface area contributed by atoms with Gasteiger partial charge in [-0.2, -0.15) is 0 Å². The second kappa shape index (κ2) is 9.81. The average Bonchev–Trinajstić information content (AvgIpc) is 3.53. The Labute approximate surface area is 206 Å². The minimum Gasteiger partial charge on any atom is -0.379 e. The summed E-state index contributed by atoms with van der Waals surface area (Å²) in [5, 5.41) is 5.91. The van der Waals surface area contributed by atoms with Crippen LogP contribution in [0.2, 0.25) is 0 Å². The van der Waals surface area contributed by atoms with Crippen molar-refractivity contribution in [3.8, 4) is 0 Å². The van der Waals surface area contributed by atoms with E-state index in [1.165, 1.54) is 6.33 Å². The summed E-state index contributed by atoms with van der Waals surface area (Å²) in [7, 11) is 0. The Hall–Kier alpha value is -3.20. The summed E-state index contributed by atoms with van der Waals surface area (Å²) in [6.07, 6.45) is 4.00. The summed E-state index contributed by atoms with van der Waals surface area (Å²) >= 11 is 0. The highest BCUT2D eigenvalue weighted by atomic mass is 16.5. The zero-order valence-electron chi connectivity index (χ0n) is 21.2. The van der Waals surface area contributed by atoms with E-state index in [9.17, 15) is 14.4 Å². The van der Waals surface area contributed by atoms with Gasteiger partial charge in [0, 0.05) is 24.9 Å². The maximum Gasteiger partial charge on any atom is 0.276 e. The fraction of sp³-hybridized carbons (Fsp3) is 0.538. The average molecular weight is 482 g/mol. The van der Waals surface area contributed by atoms with Crippen LogP contribution in [0.15, 0.2) is 24.5 Å². The standard InChI is InChI=1S/C26H35N5O4/c1-16(2)35-13-7-12-27-25(34)26(5)14-30-15-28-21(22(30)24(33)31(26)19-10-11-19)23(32)29-20-17(3)8-6-9-18(20)4/h6,8-9,15-16,19H,7,10-14H2,1-5H3,(H,27,34)(H,29,32). The van der Waals surface area contributed by atoms with Gasteiger partial charge in [0.1, 0.15) is 11.2 Å². The molecule has 9 heteroatoms. The number of benzene rings is 1. The van der Waals surface area contributed by atoms with Crippen molar-refractivity contribution in [1.82, 2.24) is 19.8 Å². The molecular formula is C26H35N5O4. The number of aromatic nitrogens is 2. The first-order valence-corrected chi connectivity index (χ1v) is 12.3. The lowest BCUT2D eigenvalue weighted by molar-refractivity contribution is -0.133. The minimum atomic E-state index is -1.06. The third-order valence-corrected chi connectivity index (χ3v) is 6.66. The first-order valence-electron chi connectivity index (χ1n) is 12.3. The molecule has 1 saturated carbocycles. The number of para-hydroxylation sites is 1. The smallest absolute Gasteiger partial charge is 0.276 e. The number of hydrogen-bond donors (Lipinski definition) is 2. The molecule has 0 saturated heterocycles. The van der Waals surface area contributed by atoms with Gasteiger partial charge in [-0.05, 0) is 65.0 Å². The normalized spacial score (nSPS) is 19.6. The van der Waals surface area contributed by atoms with E-state index in [0.717, 1.165) is 24.0 Å². The molecule has 4 rings (SSSR count). The number of carbonyl (C=O) groups excluding carboxylic acids is 3. The number of anilines is 1. The number of amides is 3. The molecule has 1 unspecified atom stereocenters. The molecule has 0 bridgehead atoms. The summed E-state index contributed by atoms with van der Waals surface area (Å²) in [6.45, 7) is 10.8. The Morgan fingerprint density at radius 1 is 1.23 bits per heavy atom. The van der Waals surface area contributed by atoms with Crippen LogP contribution in [0.1, 0.15) is 72.1 Å². The first kappa shape index (κ1) is 24.9. The summed E-state index contributed by atoms with van der Waals surface area (Å²) in [4.78, 5) is 46.2. The molecule has 35 heavy (non-hydrogen) atoms. The van der Waals surface area contributed by atoms with Crippen molar-refractivity contribution in [3.63, 3.8) is 0 Å². The number of rotatable bonds is 9. The fourth-order valence-corrected chi connectivity index (χ4v) is 4.69. The molecule has 1 aromatic carbocycles. The number of ether oxygens (including phenoxy) is 1. The van der Waals surface area contributed by atoms with Crippen LogP contribution in [0.5, 0.6) is 0 Å². The number of imidazole rings is 1. The van der Waals surface area contributed by atoms with Gasteiger partial charge in [-0.15, -0.1) is 0 Å². The van der Waals surface area contributed by atoms with E-state index in [1.54, 1.807) is 16.4 Å². The second-order valence-corrected chi connectivity index (χ2v) is 10.00. The Bertz CT molecular complexity index is 1120. The van der Waals surface area contributed by atoms with E-state index in [2.05, 4.69) is 15.6 Å². The van der Waals surface area contributed by atoms with Gasteiger partial charge in [0.25, 0.3) is 11.8 Å². The van der Waals surface area contributed by atoms with Crippen LogP contribution in [0, 0.1) is 13.8 Å². The third-order valence-electron chi connectivity index (χ3n) is 6.66. The summed E-state index contributed by atoms with van der Waals surface area (Å²) < 4.78 is 7.18. The van der Waals surface area contributed by atoms with Gasteiger partial charge in [-0.3, -0.25) is 14.4 Å². The molecule has 188 valence electrons. The number of nitrogens with one attached hydrogen (secondary N) is 2. The molecule has 2 heterocycles. The van der Waals surface area contributed by atoms with Crippen LogP contribution in [-0.2, 0) is 16.1 Å². The van der Waals surface area contributed by atoms with E-state index >= 15 is 0 Å². The highest BCUT2D eigenvalue weighted by Gasteiger charge is 2.53. The van der Waals surface area contributed by atoms with Crippen molar-refractivity contribution >= 4 is 23.4 Å². The Kier molecular flexibility index (Phi) is 6.98. The topological polar surface area (TPSA) is 106 Å². The zero-order chi connectivity index (χ0) is 25.3. The van der Waals surface area contributed by atoms with Crippen LogP contribution < -0.4 is 10.6 Å². The Balaban J connectivity index is 1.55. The lowest BCUT2D eigenvalue weighted by Crippen LogP contribution is -2.64. The number of nitrogens with zero attached hydrogens (tertiary/aromatic N) is 3. The fourth-order valence-electron chi connectivity index (χ4n) is 4.69. The van der Waals surface area contributed by atoms with Gasteiger partial charge < -0.3 is 24.8 Å². The molecule has 1 aliphatic carbocycles. The molecule has 9 nitrogen and oxygen atoms in total. The van der Waals surface area contributed by atoms with Gasteiger partial charge in [-0.25, -0.2) is 4.98 Å². The van der Waals surface area contributed by atoms with Crippen molar-refractivity contribution in [2.75, 3.05) is 18.5 Å². The lowest BCUT2D eigenvalue weighted by atomic mass is 9.94. The van der Waals surface area contributed by atoms with Crippen molar-refractivity contribution in [1.29, 1.82) is 0 Å². The largest absolute Gasteiger partial charge is 0.379 e. The van der Waals surface area contributed by atoms with Crippen LogP contribution >= 0.6 is 0 Å². The van der Waals surface area contributed by atoms with E-state index in [1.807, 2.05) is 45.9 Å². The van der Waals surface area contributed by atoms with E-state index < -0.39 is 11.4 Å². The van der Waals surface area contributed by atoms with Gasteiger partial charge in [0.2, 0.25) is 5.91 Å². The minimum absolute atomic E-state index is 0.0132. The van der Waals surface area contributed by atoms with Crippen LogP contribution in [0.25, 0.3) is 0 Å². The molecule has 2 aromatic rings. The quantitative estimate of drug-likeness (QED) is 0.536. The molecule has 2 N–H and O–H groups in total. The van der Waals surface area contributed by atoms with Gasteiger partial charge in [0.05, 0.1) is 19.0 Å². The van der Waals surface area contributed by atoms with Crippen molar-refractivity contribution in [3.05, 3.63) is 47.0 Å². The van der Waals surface area contributed by atoms with E-state index in [4.69, 9.17) is 4.74 Å². The number of fused-ring (bicyclic) bond motifs is 1. The van der Waals surface area contributed by atoms with E-state index in [-0.39, 0.29) is 41.9 Å². The maximum atomic E-state index is 13.7. The second-order valence-electron chi connectivity index (χ2n) is 10.00.